The maximum Gasteiger partial charge on any atom is 0.244 e. The molecule has 1 fully saturated rings. The number of halogens is 1. The SMILES string of the molecule is C[C@@H]1CNCCN1S(=O)(=O)c1cc(Cl)ccc1C#N. The molecule has 1 aliphatic heterocycles. The van der Waals surface area contributed by atoms with Gasteiger partial charge in [0.15, 0.2) is 0 Å². The van der Waals surface area contributed by atoms with Crippen LogP contribution >= 0.6 is 11.6 Å². The second-order valence-electron chi connectivity index (χ2n) is 4.42. The third-order valence-electron chi connectivity index (χ3n) is 3.09. The summed E-state index contributed by atoms with van der Waals surface area (Å²) >= 11 is 5.85. The number of hydrogen-bond donors (Lipinski definition) is 1. The van der Waals surface area contributed by atoms with Crippen LogP contribution in [-0.4, -0.2) is 38.4 Å². The molecule has 2 rings (SSSR count). The maximum absolute atomic E-state index is 12.6. The summed E-state index contributed by atoms with van der Waals surface area (Å²) in [6.45, 7) is 3.43. The van der Waals surface area contributed by atoms with Gasteiger partial charge in [-0.25, -0.2) is 8.42 Å². The quantitative estimate of drug-likeness (QED) is 0.890. The van der Waals surface area contributed by atoms with Gasteiger partial charge in [-0.2, -0.15) is 9.57 Å². The highest BCUT2D eigenvalue weighted by atomic mass is 35.5. The zero-order valence-electron chi connectivity index (χ0n) is 10.4. The van der Waals surface area contributed by atoms with E-state index in [1.807, 2.05) is 13.0 Å². The molecule has 1 heterocycles. The number of nitriles is 1. The molecule has 1 atom stereocenters. The molecular weight excluding hydrogens is 286 g/mol. The molecule has 0 aromatic heterocycles. The number of rotatable bonds is 2. The fraction of sp³-hybridized carbons (Fsp3) is 0.417. The van der Waals surface area contributed by atoms with Crippen LogP contribution in [-0.2, 0) is 10.0 Å². The predicted molar refractivity (Wildman–Crippen MR) is 72.4 cm³/mol. The molecule has 1 aromatic rings. The first-order valence-corrected chi connectivity index (χ1v) is 7.71. The highest BCUT2D eigenvalue weighted by molar-refractivity contribution is 7.89. The van der Waals surface area contributed by atoms with Gasteiger partial charge in [-0.05, 0) is 25.1 Å². The molecular formula is C12H14ClN3O2S. The predicted octanol–water partition coefficient (Wildman–Crippen LogP) is 1.19. The third-order valence-corrected chi connectivity index (χ3v) is 5.38. The number of hydrogen-bond acceptors (Lipinski definition) is 4. The van der Waals surface area contributed by atoms with Crippen LogP contribution in [0.4, 0.5) is 0 Å². The minimum atomic E-state index is -3.69. The van der Waals surface area contributed by atoms with E-state index in [-0.39, 0.29) is 16.5 Å². The van der Waals surface area contributed by atoms with Gasteiger partial charge >= 0.3 is 0 Å². The van der Waals surface area contributed by atoms with E-state index in [9.17, 15) is 8.42 Å². The van der Waals surface area contributed by atoms with Crippen LogP contribution in [0.1, 0.15) is 12.5 Å². The summed E-state index contributed by atoms with van der Waals surface area (Å²) in [6.07, 6.45) is 0. The summed E-state index contributed by atoms with van der Waals surface area (Å²) in [5.41, 5.74) is 0.120. The van der Waals surface area contributed by atoms with Gasteiger partial charge in [0.2, 0.25) is 10.0 Å². The van der Waals surface area contributed by atoms with Gasteiger partial charge in [-0.15, -0.1) is 0 Å². The van der Waals surface area contributed by atoms with Gasteiger partial charge in [0.1, 0.15) is 11.0 Å². The zero-order chi connectivity index (χ0) is 14.0. The molecule has 0 aliphatic carbocycles. The summed E-state index contributed by atoms with van der Waals surface area (Å²) in [5, 5.41) is 12.5. The molecule has 1 aromatic carbocycles. The molecule has 1 saturated heterocycles. The molecule has 0 bridgehead atoms. The standard InChI is InChI=1S/C12H14ClN3O2S/c1-9-8-15-4-5-16(9)19(17,18)12-6-11(13)3-2-10(12)7-14/h2-3,6,9,15H,4-5,8H2,1H3/t9-/m1/s1. The first-order chi connectivity index (χ1) is 8.96. The Bertz CT molecular complexity index is 624. The number of nitrogens with one attached hydrogen (secondary N) is 1. The Morgan fingerprint density at radius 2 is 2.26 bits per heavy atom. The van der Waals surface area contributed by atoms with Crippen molar-refractivity contribution in [1.82, 2.24) is 9.62 Å². The van der Waals surface area contributed by atoms with Crippen LogP contribution in [0.3, 0.4) is 0 Å². The lowest BCUT2D eigenvalue weighted by Gasteiger charge is -2.33. The monoisotopic (exact) mass is 299 g/mol. The Hall–Kier alpha value is -1.13. The molecule has 5 nitrogen and oxygen atoms in total. The van der Waals surface area contributed by atoms with E-state index in [2.05, 4.69) is 5.32 Å². The van der Waals surface area contributed by atoms with E-state index in [1.54, 1.807) is 0 Å². The minimum absolute atomic E-state index is 0.0174. The van der Waals surface area contributed by atoms with Gasteiger partial charge < -0.3 is 5.32 Å². The molecule has 0 amide bonds. The van der Waals surface area contributed by atoms with Crippen molar-refractivity contribution in [3.63, 3.8) is 0 Å². The van der Waals surface area contributed by atoms with E-state index in [0.29, 0.717) is 24.7 Å². The average molecular weight is 300 g/mol. The van der Waals surface area contributed by atoms with E-state index in [0.717, 1.165) is 0 Å². The Morgan fingerprint density at radius 3 is 2.89 bits per heavy atom. The molecule has 7 heteroatoms. The molecule has 19 heavy (non-hydrogen) atoms. The second kappa shape index (κ2) is 5.47. The Morgan fingerprint density at radius 1 is 1.53 bits per heavy atom. The van der Waals surface area contributed by atoms with Gasteiger partial charge in [0, 0.05) is 30.7 Å². The molecule has 0 radical (unpaired) electrons. The van der Waals surface area contributed by atoms with Crippen LogP contribution in [0.15, 0.2) is 23.1 Å². The summed E-state index contributed by atoms with van der Waals surface area (Å²) in [7, 11) is -3.69. The highest BCUT2D eigenvalue weighted by Gasteiger charge is 2.32. The minimum Gasteiger partial charge on any atom is -0.314 e. The molecule has 1 N–H and O–H groups in total. The number of nitrogens with zero attached hydrogens (tertiary/aromatic N) is 2. The van der Waals surface area contributed by atoms with Crippen molar-refractivity contribution in [3.05, 3.63) is 28.8 Å². The van der Waals surface area contributed by atoms with E-state index < -0.39 is 10.0 Å². The lowest BCUT2D eigenvalue weighted by Crippen LogP contribution is -2.52. The number of sulfonamides is 1. The molecule has 0 unspecified atom stereocenters. The molecule has 1 aliphatic rings. The Balaban J connectivity index is 2.50. The molecule has 102 valence electrons. The van der Waals surface area contributed by atoms with Crippen molar-refractivity contribution in [2.45, 2.75) is 17.9 Å². The van der Waals surface area contributed by atoms with Crippen molar-refractivity contribution < 1.29 is 8.42 Å². The van der Waals surface area contributed by atoms with E-state index >= 15 is 0 Å². The van der Waals surface area contributed by atoms with Crippen LogP contribution in [0.5, 0.6) is 0 Å². The van der Waals surface area contributed by atoms with Crippen LogP contribution in [0.2, 0.25) is 5.02 Å². The van der Waals surface area contributed by atoms with Crippen molar-refractivity contribution in [3.8, 4) is 6.07 Å². The van der Waals surface area contributed by atoms with Crippen molar-refractivity contribution in [1.29, 1.82) is 5.26 Å². The van der Waals surface area contributed by atoms with Crippen LogP contribution < -0.4 is 5.32 Å². The lowest BCUT2D eigenvalue weighted by molar-refractivity contribution is 0.284. The fourth-order valence-electron chi connectivity index (χ4n) is 2.11. The smallest absolute Gasteiger partial charge is 0.244 e. The fourth-order valence-corrected chi connectivity index (χ4v) is 4.14. The highest BCUT2D eigenvalue weighted by Crippen LogP contribution is 2.25. The Kier molecular flexibility index (Phi) is 4.11. The van der Waals surface area contributed by atoms with Crippen LogP contribution in [0.25, 0.3) is 0 Å². The van der Waals surface area contributed by atoms with Crippen molar-refractivity contribution in [2.24, 2.45) is 0 Å². The van der Waals surface area contributed by atoms with E-state index in [1.165, 1.54) is 22.5 Å². The maximum atomic E-state index is 12.6. The first kappa shape index (κ1) is 14.3. The van der Waals surface area contributed by atoms with Crippen LogP contribution in [0, 0.1) is 11.3 Å². The van der Waals surface area contributed by atoms with Crippen molar-refractivity contribution in [2.75, 3.05) is 19.6 Å². The third kappa shape index (κ3) is 2.74. The second-order valence-corrected chi connectivity index (χ2v) is 6.72. The topological polar surface area (TPSA) is 73.2 Å². The summed E-state index contributed by atoms with van der Waals surface area (Å²) in [5.74, 6) is 0. The summed E-state index contributed by atoms with van der Waals surface area (Å²) in [4.78, 5) is -0.0174. The normalized spacial score (nSPS) is 21.0. The van der Waals surface area contributed by atoms with Gasteiger partial charge in [0.25, 0.3) is 0 Å². The van der Waals surface area contributed by atoms with Crippen molar-refractivity contribution >= 4 is 21.6 Å². The average Bonchev–Trinajstić information content (AvgIpc) is 2.39. The Labute approximate surface area is 117 Å². The number of benzene rings is 1. The van der Waals surface area contributed by atoms with Gasteiger partial charge in [0.05, 0.1) is 5.56 Å². The summed E-state index contributed by atoms with van der Waals surface area (Å²) in [6, 6.07) is 6.04. The first-order valence-electron chi connectivity index (χ1n) is 5.89. The number of piperazine rings is 1. The summed E-state index contributed by atoms with van der Waals surface area (Å²) < 4.78 is 26.6. The van der Waals surface area contributed by atoms with E-state index in [4.69, 9.17) is 16.9 Å². The zero-order valence-corrected chi connectivity index (χ0v) is 12.0. The van der Waals surface area contributed by atoms with Gasteiger partial charge in [-0.3, -0.25) is 0 Å². The lowest BCUT2D eigenvalue weighted by atomic mass is 10.2. The molecule has 0 saturated carbocycles. The largest absolute Gasteiger partial charge is 0.314 e. The molecule has 0 spiro atoms. The van der Waals surface area contributed by atoms with Gasteiger partial charge in [-0.1, -0.05) is 11.6 Å².